The van der Waals surface area contributed by atoms with Gasteiger partial charge in [0.05, 0.1) is 16.5 Å². The largest absolute Gasteiger partial charge is 0.501 e. The second-order valence-electron chi connectivity index (χ2n) is 11.7. The molecule has 9 nitrogen and oxygen atoms in total. The fraction of sp³-hybridized carbons (Fsp3) is 0.394. The molecule has 0 radical (unpaired) electrons. The molecule has 14 heteroatoms. The molecule has 5 rings (SSSR count). The number of benzene rings is 2. The van der Waals surface area contributed by atoms with E-state index < -0.39 is 32.3 Å². The first kappa shape index (κ1) is 34.0. The van der Waals surface area contributed by atoms with Crippen molar-refractivity contribution < 1.29 is 40.3 Å². The van der Waals surface area contributed by atoms with Gasteiger partial charge >= 0.3 is 5.51 Å². The Morgan fingerprint density at radius 3 is 2.21 bits per heavy atom. The number of carbonyl (C=O) groups is 2. The summed E-state index contributed by atoms with van der Waals surface area (Å²) >= 11 is 0. The normalized spacial score (nSPS) is 19.6. The Labute approximate surface area is 269 Å². The van der Waals surface area contributed by atoms with Crippen molar-refractivity contribution in [2.75, 3.05) is 26.2 Å². The molecule has 2 fully saturated rings. The average Bonchev–Trinajstić information content (AvgIpc) is 3.06. The summed E-state index contributed by atoms with van der Waals surface area (Å²) in [5.74, 6) is -0.782. The second-order valence-corrected chi connectivity index (χ2v) is 13.6. The van der Waals surface area contributed by atoms with Crippen LogP contribution in [0.25, 0.3) is 0 Å². The number of pyridine rings is 1. The molecular formula is C33H32F4N4O5S. The minimum absolute atomic E-state index is 0.0369. The molecule has 2 aliphatic heterocycles. The summed E-state index contributed by atoms with van der Waals surface area (Å²) in [7, 11) is -5.45. The number of amides is 1. The molecular weight excluding hydrogens is 640 g/mol. The summed E-state index contributed by atoms with van der Waals surface area (Å²) in [6.45, 7) is 2.07. The fourth-order valence-electron chi connectivity index (χ4n) is 5.74. The number of nitriles is 1. The van der Waals surface area contributed by atoms with Gasteiger partial charge in [-0.15, -0.1) is 0 Å². The lowest BCUT2D eigenvalue weighted by molar-refractivity contribution is -0.0436. The molecule has 2 saturated heterocycles. The van der Waals surface area contributed by atoms with E-state index in [9.17, 15) is 31.2 Å². The Kier molecular flexibility index (Phi) is 10.3. The number of hydrogen-bond donors (Lipinski definition) is 0. The van der Waals surface area contributed by atoms with E-state index in [2.05, 4.69) is 11.1 Å². The van der Waals surface area contributed by atoms with Gasteiger partial charge in [0.15, 0.2) is 5.78 Å². The zero-order chi connectivity index (χ0) is 33.8. The summed E-state index contributed by atoms with van der Waals surface area (Å²) in [5.41, 5.74) is -3.39. The molecule has 0 aliphatic carbocycles. The van der Waals surface area contributed by atoms with Gasteiger partial charge in [0.25, 0.3) is 15.7 Å². The van der Waals surface area contributed by atoms with Crippen molar-refractivity contribution in [3.05, 3.63) is 89.2 Å². The lowest BCUT2D eigenvalue weighted by atomic mass is 9.88. The number of likely N-dealkylation sites (tertiary alicyclic amines) is 2. The number of halogens is 4. The molecule has 3 aromatic rings. The molecule has 2 aliphatic rings. The predicted octanol–water partition coefficient (Wildman–Crippen LogP) is 5.36. The summed E-state index contributed by atoms with van der Waals surface area (Å²) < 4.78 is 82.2. The predicted molar refractivity (Wildman–Crippen MR) is 162 cm³/mol. The zero-order valence-corrected chi connectivity index (χ0v) is 26.0. The van der Waals surface area contributed by atoms with Gasteiger partial charge in [0.1, 0.15) is 23.7 Å². The molecule has 0 saturated carbocycles. The smallest absolute Gasteiger partial charge is 0.490 e. The Hall–Kier alpha value is -4.35. The molecule has 0 bridgehead atoms. The Morgan fingerprint density at radius 1 is 0.957 bits per heavy atom. The first-order valence-electron chi connectivity index (χ1n) is 15.1. The molecule has 0 spiro atoms. The molecule has 47 heavy (non-hydrogen) atoms. The number of carbonyl (C=O) groups excluding carboxylic acids is 2. The third kappa shape index (κ3) is 8.15. The number of nitrogens with zero attached hydrogens (tertiary/aromatic N) is 4. The maximum atomic E-state index is 15.0. The highest BCUT2D eigenvalue weighted by atomic mass is 32.2. The van der Waals surface area contributed by atoms with E-state index in [1.54, 1.807) is 17.0 Å². The van der Waals surface area contributed by atoms with Crippen LogP contribution in [0.5, 0.6) is 5.75 Å². The van der Waals surface area contributed by atoms with Gasteiger partial charge in [-0.2, -0.15) is 18.4 Å². The van der Waals surface area contributed by atoms with Crippen LogP contribution < -0.4 is 4.74 Å². The van der Waals surface area contributed by atoms with Crippen LogP contribution in [0.4, 0.5) is 17.6 Å². The summed E-state index contributed by atoms with van der Waals surface area (Å²) in [5, 5.41) is 8.95. The van der Waals surface area contributed by atoms with Gasteiger partial charge in [0, 0.05) is 57.2 Å². The number of Topliss-reactive ketones (excluding diaryl/α,β-unsaturated/α-hetero) is 1. The molecule has 0 unspecified atom stereocenters. The molecule has 248 valence electrons. The lowest BCUT2D eigenvalue weighted by Crippen LogP contribution is -2.42. The first-order valence-corrected chi connectivity index (χ1v) is 16.5. The van der Waals surface area contributed by atoms with Crippen LogP contribution in [0, 0.1) is 17.2 Å². The van der Waals surface area contributed by atoms with Gasteiger partial charge in [0.2, 0.25) is 0 Å². The number of sulfone groups is 1. The minimum Gasteiger partial charge on any atom is -0.490 e. The molecule has 1 amide bonds. The van der Waals surface area contributed by atoms with Crippen LogP contribution in [0.15, 0.2) is 71.8 Å². The van der Waals surface area contributed by atoms with E-state index in [-0.39, 0.29) is 42.2 Å². The SMILES string of the molecule is N#Cc1ccc(CN2CC[C@@H](CC(=O)c3ccc(C(=O)N4CCC(Oc5ccc(S(=O)(=O)C(F)(F)F)cc5)CC4)nc3)[C@H](F)C2)cc1. The fourth-order valence-corrected chi connectivity index (χ4v) is 6.50. The summed E-state index contributed by atoms with van der Waals surface area (Å²) in [6, 6.07) is 16.3. The van der Waals surface area contributed by atoms with Crippen LogP contribution in [-0.2, 0) is 16.4 Å². The zero-order valence-electron chi connectivity index (χ0n) is 25.2. The highest BCUT2D eigenvalue weighted by Crippen LogP contribution is 2.32. The topological polar surface area (TPSA) is 121 Å². The summed E-state index contributed by atoms with van der Waals surface area (Å²) in [4.78, 5) is 32.9. The molecule has 3 heterocycles. The van der Waals surface area contributed by atoms with Gasteiger partial charge in [-0.05, 0) is 73.0 Å². The van der Waals surface area contributed by atoms with E-state index in [0.29, 0.717) is 56.6 Å². The number of rotatable bonds is 9. The van der Waals surface area contributed by atoms with Crippen molar-refractivity contribution in [2.24, 2.45) is 5.92 Å². The van der Waals surface area contributed by atoms with E-state index >= 15 is 4.39 Å². The van der Waals surface area contributed by atoms with Crippen molar-refractivity contribution in [1.82, 2.24) is 14.8 Å². The van der Waals surface area contributed by atoms with Crippen molar-refractivity contribution in [3.63, 3.8) is 0 Å². The van der Waals surface area contributed by atoms with Crippen LogP contribution in [0.1, 0.15) is 57.7 Å². The van der Waals surface area contributed by atoms with E-state index in [4.69, 9.17) is 10.00 Å². The Morgan fingerprint density at radius 2 is 1.64 bits per heavy atom. The first-order chi connectivity index (χ1) is 22.3. The highest BCUT2D eigenvalue weighted by Gasteiger charge is 2.46. The lowest BCUT2D eigenvalue weighted by Gasteiger charge is -2.34. The van der Waals surface area contributed by atoms with Gasteiger partial charge in [-0.25, -0.2) is 12.8 Å². The second kappa shape index (κ2) is 14.2. The molecule has 2 atom stereocenters. The van der Waals surface area contributed by atoms with Crippen LogP contribution >= 0.6 is 0 Å². The summed E-state index contributed by atoms with van der Waals surface area (Å²) in [6.07, 6.45) is 1.26. The van der Waals surface area contributed by atoms with Crippen LogP contribution in [0.2, 0.25) is 0 Å². The van der Waals surface area contributed by atoms with Crippen molar-refractivity contribution in [2.45, 2.75) is 54.9 Å². The van der Waals surface area contributed by atoms with Gasteiger partial charge in [-0.3, -0.25) is 19.5 Å². The molecule has 0 N–H and O–H groups in total. The number of aromatic nitrogens is 1. The van der Waals surface area contributed by atoms with Gasteiger partial charge in [-0.1, -0.05) is 12.1 Å². The maximum absolute atomic E-state index is 15.0. The van der Waals surface area contributed by atoms with Crippen molar-refractivity contribution in [1.29, 1.82) is 5.26 Å². The number of ether oxygens (including phenoxy) is 1. The van der Waals surface area contributed by atoms with Crippen molar-refractivity contribution >= 4 is 21.5 Å². The third-order valence-corrected chi connectivity index (χ3v) is 9.97. The van der Waals surface area contributed by atoms with Crippen LogP contribution in [0.3, 0.4) is 0 Å². The highest BCUT2D eigenvalue weighted by molar-refractivity contribution is 7.92. The van der Waals surface area contributed by atoms with Crippen LogP contribution in [-0.4, -0.2) is 78.9 Å². The van der Waals surface area contributed by atoms with E-state index in [0.717, 1.165) is 17.7 Å². The van der Waals surface area contributed by atoms with E-state index in [1.807, 2.05) is 17.0 Å². The van der Waals surface area contributed by atoms with Crippen molar-refractivity contribution in [3.8, 4) is 11.8 Å². The molecule has 1 aromatic heterocycles. The third-order valence-electron chi connectivity index (χ3n) is 8.47. The Balaban J connectivity index is 1.07. The van der Waals surface area contributed by atoms with E-state index in [1.165, 1.54) is 30.5 Å². The maximum Gasteiger partial charge on any atom is 0.501 e. The van der Waals surface area contributed by atoms with Gasteiger partial charge < -0.3 is 9.64 Å². The Bertz CT molecular complexity index is 1720. The number of ketones is 1. The number of alkyl halides is 4. The number of hydrogen-bond acceptors (Lipinski definition) is 8. The quantitative estimate of drug-likeness (QED) is 0.220. The average molecular weight is 673 g/mol. The molecule has 2 aromatic carbocycles. The number of piperidine rings is 2. The minimum atomic E-state index is -5.45. The standard InChI is InChI=1S/C33H32F4N4O5S/c34-29-21-40(20-23-3-1-22(18-38)2-4-23)14-11-24(29)17-31(42)25-5-10-30(39-19-25)32(43)41-15-12-27(13-16-41)46-26-6-8-28(9-7-26)47(44,45)33(35,36)37/h1-10,19,24,27,29H,11-17,20-21H2/t24-,29+/m0/s1. The monoisotopic (exact) mass is 672 g/mol.